The Kier molecular flexibility index (Phi) is 7.08. The first-order valence-electron chi connectivity index (χ1n) is 8.99. The summed E-state index contributed by atoms with van der Waals surface area (Å²) in [6, 6.07) is 10.2. The van der Waals surface area contributed by atoms with E-state index in [1.807, 2.05) is 39.0 Å². The number of amides is 2. The van der Waals surface area contributed by atoms with Crippen LogP contribution in [0, 0.1) is 34.6 Å². The van der Waals surface area contributed by atoms with Gasteiger partial charge in [-0.05, 0) is 69.0 Å². The molecule has 5 heteroatoms. The molecule has 0 atom stereocenters. The van der Waals surface area contributed by atoms with Crippen LogP contribution >= 0.6 is 11.8 Å². The molecule has 0 saturated carbocycles. The minimum atomic E-state index is -0.183. The van der Waals surface area contributed by atoms with Crippen molar-refractivity contribution in [2.24, 2.45) is 0 Å². The van der Waals surface area contributed by atoms with Crippen molar-refractivity contribution >= 4 is 29.3 Å². The number of nitrogens with zero attached hydrogens (tertiary/aromatic N) is 1. The molecule has 0 spiro atoms. The maximum absolute atomic E-state index is 12.4. The highest BCUT2D eigenvalue weighted by Crippen LogP contribution is 2.23. The van der Waals surface area contributed by atoms with Crippen LogP contribution in [0.5, 0.6) is 0 Å². The number of anilines is 1. The summed E-state index contributed by atoms with van der Waals surface area (Å²) in [4.78, 5) is 27.3. The number of aryl methyl sites for hydroxylation is 5. The molecular formula is C22H28N2O2S. The first-order valence-corrected chi connectivity index (χ1v) is 9.97. The predicted molar refractivity (Wildman–Crippen MR) is 114 cm³/mol. The largest absolute Gasteiger partial charge is 0.336 e. The molecule has 144 valence electrons. The average molecular weight is 385 g/mol. The number of carbonyl (C=O) groups excluding carboxylic acids is 2. The highest BCUT2D eigenvalue weighted by Gasteiger charge is 2.15. The number of likely N-dealkylation sites (N-methyl/N-ethyl adjacent to an activating group) is 1. The van der Waals surface area contributed by atoms with E-state index in [2.05, 4.69) is 31.3 Å². The Morgan fingerprint density at radius 2 is 1.56 bits per heavy atom. The molecule has 4 nitrogen and oxygen atoms in total. The second kappa shape index (κ2) is 9.09. The predicted octanol–water partition coefficient (Wildman–Crippen LogP) is 4.42. The maximum atomic E-state index is 12.4. The molecular weight excluding hydrogens is 356 g/mol. The summed E-state index contributed by atoms with van der Waals surface area (Å²) in [6.07, 6.45) is 0. The Morgan fingerprint density at radius 3 is 2.15 bits per heavy atom. The van der Waals surface area contributed by atoms with Gasteiger partial charge >= 0.3 is 0 Å². The number of hydrogen-bond acceptors (Lipinski definition) is 3. The molecule has 0 aliphatic rings. The van der Waals surface area contributed by atoms with Gasteiger partial charge in [-0.2, -0.15) is 0 Å². The van der Waals surface area contributed by atoms with Crippen LogP contribution in [-0.2, 0) is 9.59 Å². The lowest BCUT2D eigenvalue weighted by molar-refractivity contribution is -0.131. The van der Waals surface area contributed by atoms with E-state index in [4.69, 9.17) is 0 Å². The van der Waals surface area contributed by atoms with Gasteiger partial charge in [-0.15, -0.1) is 11.8 Å². The molecule has 0 unspecified atom stereocenters. The van der Waals surface area contributed by atoms with Crippen LogP contribution < -0.4 is 5.32 Å². The SMILES string of the molecule is Cc1cc(C)c(NC(=O)CN(C)C(=O)CSc2ccc(C)c(C)c2)c(C)c1. The van der Waals surface area contributed by atoms with Crippen molar-refractivity contribution in [3.05, 3.63) is 58.1 Å². The van der Waals surface area contributed by atoms with E-state index in [9.17, 15) is 9.59 Å². The van der Waals surface area contributed by atoms with Gasteiger partial charge in [-0.25, -0.2) is 0 Å². The number of nitrogens with one attached hydrogen (secondary N) is 1. The number of rotatable bonds is 6. The quantitative estimate of drug-likeness (QED) is 0.750. The summed E-state index contributed by atoms with van der Waals surface area (Å²) in [5, 5.41) is 2.94. The maximum Gasteiger partial charge on any atom is 0.243 e. The number of carbonyl (C=O) groups is 2. The highest BCUT2D eigenvalue weighted by atomic mass is 32.2. The standard InChI is InChI=1S/C22H28N2O2S/c1-14-9-17(4)22(18(5)10-14)23-20(25)12-24(6)21(26)13-27-19-8-7-15(2)16(3)11-19/h7-11H,12-13H2,1-6H3,(H,23,25). The highest BCUT2D eigenvalue weighted by molar-refractivity contribution is 8.00. The lowest BCUT2D eigenvalue weighted by Gasteiger charge is -2.18. The monoisotopic (exact) mass is 384 g/mol. The Morgan fingerprint density at radius 1 is 0.926 bits per heavy atom. The van der Waals surface area contributed by atoms with Gasteiger partial charge in [-0.1, -0.05) is 23.8 Å². The summed E-state index contributed by atoms with van der Waals surface area (Å²) in [6.45, 7) is 10.2. The molecule has 2 rings (SSSR count). The molecule has 2 aromatic carbocycles. The van der Waals surface area contributed by atoms with Gasteiger partial charge in [0.1, 0.15) is 0 Å². The van der Waals surface area contributed by atoms with E-state index in [1.54, 1.807) is 7.05 Å². The molecule has 0 heterocycles. The molecule has 0 fully saturated rings. The van der Waals surface area contributed by atoms with Crippen molar-refractivity contribution in [3.63, 3.8) is 0 Å². The van der Waals surface area contributed by atoms with Crippen LogP contribution in [0.2, 0.25) is 0 Å². The summed E-state index contributed by atoms with van der Waals surface area (Å²) in [5.74, 6) is 0.0670. The normalized spacial score (nSPS) is 10.6. The molecule has 0 radical (unpaired) electrons. The lowest BCUT2D eigenvalue weighted by atomic mass is 10.1. The van der Waals surface area contributed by atoms with Crippen molar-refractivity contribution in [2.75, 3.05) is 24.7 Å². The molecule has 0 bridgehead atoms. The second-order valence-electron chi connectivity index (χ2n) is 7.11. The zero-order valence-corrected chi connectivity index (χ0v) is 17.8. The second-order valence-corrected chi connectivity index (χ2v) is 8.16. The van der Waals surface area contributed by atoms with Gasteiger partial charge < -0.3 is 10.2 Å². The molecule has 2 amide bonds. The Labute approximate surface area is 166 Å². The number of hydrogen-bond donors (Lipinski definition) is 1. The Balaban J connectivity index is 1.90. The van der Waals surface area contributed by atoms with E-state index in [1.165, 1.54) is 33.4 Å². The van der Waals surface area contributed by atoms with Crippen LogP contribution in [0.3, 0.4) is 0 Å². The fraction of sp³-hybridized carbons (Fsp3) is 0.364. The fourth-order valence-corrected chi connectivity index (χ4v) is 3.85. The Bertz CT molecular complexity index is 838. The van der Waals surface area contributed by atoms with E-state index < -0.39 is 0 Å². The molecule has 0 aliphatic carbocycles. The molecule has 0 aliphatic heterocycles. The average Bonchev–Trinajstić information content (AvgIpc) is 2.58. The molecule has 1 N–H and O–H groups in total. The summed E-state index contributed by atoms with van der Waals surface area (Å²) >= 11 is 1.49. The van der Waals surface area contributed by atoms with Crippen LogP contribution in [0.4, 0.5) is 5.69 Å². The third-order valence-electron chi connectivity index (χ3n) is 4.59. The lowest BCUT2D eigenvalue weighted by Crippen LogP contribution is -2.36. The molecule has 27 heavy (non-hydrogen) atoms. The fourth-order valence-electron chi connectivity index (χ4n) is 2.92. The van der Waals surface area contributed by atoms with Gasteiger partial charge in [0.25, 0.3) is 0 Å². The summed E-state index contributed by atoms with van der Waals surface area (Å²) < 4.78 is 0. The van der Waals surface area contributed by atoms with Gasteiger partial charge in [0.15, 0.2) is 0 Å². The van der Waals surface area contributed by atoms with Crippen molar-refractivity contribution in [2.45, 2.75) is 39.5 Å². The number of thioether (sulfide) groups is 1. The van der Waals surface area contributed by atoms with Crippen molar-refractivity contribution in [1.82, 2.24) is 4.90 Å². The molecule has 2 aromatic rings. The van der Waals surface area contributed by atoms with Crippen molar-refractivity contribution in [3.8, 4) is 0 Å². The van der Waals surface area contributed by atoms with Gasteiger partial charge in [0.05, 0.1) is 12.3 Å². The zero-order valence-electron chi connectivity index (χ0n) is 17.0. The van der Waals surface area contributed by atoms with E-state index in [0.717, 1.165) is 21.7 Å². The van der Waals surface area contributed by atoms with E-state index in [-0.39, 0.29) is 18.4 Å². The first-order chi connectivity index (χ1) is 12.7. The smallest absolute Gasteiger partial charge is 0.243 e. The number of benzene rings is 2. The molecule has 0 saturated heterocycles. The van der Waals surface area contributed by atoms with Crippen molar-refractivity contribution in [1.29, 1.82) is 0 Å². The van der Waals surface area contributed by atoms with Crippen LogP contribution in [0.15, 0.2) is 35.2 Å². The topological polar surface area (TPSA) is 49.4 Å². The van der Waals surface area contributed by atoms with Crippen LogP contribution in [0.1, 0.15) is 27.8 Å². The van der Waals surface area contributed by atoms with Crippen molar-refractivity contribution < 1.29 is 9.59 Å². The summed E-state index contributed by atoms with van der Waals surface area (Å²) in [7, 11) is 1.66. The van der Waals surface area contributed by atoms with Gasteiger partial charge in [-0.3, -0.25) is 9.59 Å². The van der Waals surface area contributed by atoms with Gasteiger partial charge in [0.2, 0.25) is 11.8 Å². The zero-order chi connectivity index (χ0) is 20.1. The Hall–Kier alpha value is -2.27. The van der Waals surface area contributed by atoms with Gasteiger partial charge in [0, 0.05) is 17.6 Å². The minimum Gasteiger partial charge on any atom is -0.336 e. The van der Waals surface area contributed by atoms with Crippen LogP contribution in [-0.4, -0.2) is 36.1 Å². The summed E-state index contributed by atoms with van der Waals surface area (Å²) in [5.41, 5.74) is 6.50. The minimum absolute atomic E-state index is 0.0407. The van der Waals surface area contributed by atoms with E-state index >= 15 is 0 Å². The van der Waals surface area contributed by atoms with Crippen LogP contribution in [0.25, 0.3) is 0 Å². The first kappa shape index (κ1) is 21.0. The third-order valence-corrected chi connectivity index (χ3v) is 5.57. The molecule has 0 aromatic heterocycles. The third kappa shape index (κ3) is 5.86. The van der Waals surface area contributed by atoms with E-state index in [0.29, 0.717) is 5.75 Å².